The molecule has 1 rings (SSSR count). The maximum atomic E-state index is 12.0. The summed E-state index contributed by atoms with van der Waals surface area (Å²) in [5, 5.41) is 0. The van der Waals surface area contributed by atoms with Crippen molar-refractivity contribution in [2.24, 2.45) is 0 Å². The molecule has 24 heavy (non-hydrogen) atoms. The fourth-order valence-electron chi connectivity index (χ4n) is 1.99. The van der Waals surface area contributed by atoms with Crippen molar-refractivity contribution in [2.45, 2.75) is 39.5 Å². The van der Waals surface area contributed by atoms with Gasteiger partial charge in [0.2, 0.25) is 0 Å². The number of unbranched alkanes of at least 4 members (excludes halogenated alkanes) is 2. The van der Waals surface area contributed by atoms with Crippen LogP contribution < -0.4 is 9.47 Å². The molecule has 0 saturated carbocycles. The average molecular weight is 338 g/mol. The van der Waals surface area contributed by atoms with Crippen LogP contribution in [-0.4, -0.2) is 39.4 Å². The van der Waals surface area contributed by atoms with Gasteiger partial charge in [0.1, 0.15) is 22.6 Å². The van der Waals surface area contributed by atoms with Crippen molar-refractivity contribution in [3.63, 3.8) is 0 Å². The highest BCUT2D eigenvalue weighted by molar-refractivity contribution is 5.99. The first-order valence-corrected chi connectivity index (χ1v) is 8.19. The van der Waals surface area contributed by atoms with E-state index in [0.29, 0.717) is 24.7 Å². The minimum atomic E-state index is -0.577. The molecule has 0 spiro atoms. The van der Waals surface area contributed by atoms with E-state index in [9.17, 15) is 9.59 Å². The molecule has 134 valence electrons. The first-order valence-electron chi connectivity index (χ1n) is 8.19. The summed E-state index contributed by atoms with van der Waals surface area (Å²) in [7, 11) is 2.56. The second-order valence-corrected chi connectivity index (χ2v) is 5.23. The largest absolute Gasteiger partial charge is 0.493 e. The average Bonchev–Trinajstić information content (AvgIpc) is 2.61. The van der Waals surface area contributed by atoms with Gasteiger partial charge < -0.3 is 18.9 Å². The van der Waals surface area contributed by atoms with Gasteiger partial charge in [0.05, 0.1) is 27.4 Å². The summed E-state index contributed by atoms with van der Waals surface area (Å²) in [5.41, 5.74) is 0.355. The highest BCUT2D eigenvalue weighted by Crippen LogP contribution is 2.31. The Morgan fingerprint density at radius 1 is 0.792 bits per heavy atom. The number of esters is 2. The van der Waals surface area contributed by atoms with Crippen molar-refractivity contribution in [1.29, 1.82) is 0 Å². The van der Waals surface area contributed by atoms with Crippen LogP contribution in [0.5, 0.6) is 11.5 Å². The van der Waals surface area contributed by atoms with Crippen molar-refractivity contribution in [3.8, 4) is 11.5 Å². The molecule has 0 fully saturated rings. The van der Waals surface area contributed by atoms with Gasteiger partial charge in [0, 0.05) is 6.07 Å². The summed E-state index contributed by atoms with van der Waals surface area (Å²) < 4.78 is 20.9. The molecule has 0 aliphatic carbocycles. The molecule has 1 aromatic carbocycles. The van der Waals surface area contributed by atoms with E-state index >= 15 is 0 Å². The molecule has 0 aliphatic rings. The minimum Gasteiger partial charge on any atom is -0.493 e. The van der Waals surface area contributed by atoms with E-state index in [0.717, 1.165) is 25.7 Å². The van der Waals surface area contributed by atoms with Gasteiger partial charge in [-0.2, -0.15) is 0 Å². The summed E-state index contributed by atoms with van der Waals surface area (Å²) in [6, 6.07) is 2.96. The lowest BCUT2D eigenvalue weighted by molar-refractivity contribution is 0.0593. The van der Waals surface area contributed by atoms with Crippen molar-refractivity contribution < 1.29 is 28.5 Å². The van der Waals surface area contributed by atoms with Crippen LogP contribution in [0.15, 0.2) is 12.1 Å². The zero-order valence-electron chi connectivity index (χ0n) is 14.8. The zero-order valence-corrected chi connectivity index (χ0v) is 14.8. The van der Waals surface area contributed by atoms with Crippen LogP contribution in [0.25, 0.3) is 0 Å². The first-order chi connectivity index (χ1) is 11.6. The Labute approximate surface area is 143 Å². The van der Waals surface area contributed by atoms with Gasteiger partial charge in [-0.05, 0) is 18.9 Å². The van der Waals surface area contributed by atoms with E-state index in [2.05, 4.69) is 0 Å². The third-order valence-corrected chi connectivity index (χ3v) is 3.40. The quantitative estimate of drug-likeness (QED) is 0.479. The highest BCUT2D eigenvalue weighted by atomic mass is 16.5. The van der Waals surface area contributed by atoms with E-state index in [1.54, 1.807) is 6.07 Å². The first kappa shape index (κ1) is 19.8. The van der Waals surface area contributed by atoms with Gasteiger partial charge in [-0.1, -0.05) is 26.7 Å². The molecule has 6 nitrogen and oxygen atoms in total. The third kappa shape index (κ3) is 5.44. The van der Waals surface area contributed by atoms with Crippen LogP contribution >= 0.6 is 0 Å². The van der Waals surface area contributed by atoms with Gasteiger partial charge in [0.25, 0.3) is 0 Å². The van der Waals surface area contributed by atoms with Crippen LogP contribution in [0, 0.1) is 0 Å². The van der Waals surface area contributed by atoms with Gasteiger partial charge in [0.15, 0.2) is 0 Å². The minimum absolute atomic E-state index is 0.178. The van der Waals surface area contributed by atoms with Crippen LogP contribution in [-0.2, 0) is 9.47 Å². The Morgan fingerprint density at radius 3 is 1.54 bits per heavy atom. The molecule has 0 aliphatic heterocycles. The molecule has 0 bridgehead atoms. The molecule has 0 atom stereocenters. The summed E-state index contributed by atoms with van der Waals surface area (Å²) in [5.74, 6) is -0.470. The molecular formula is C18H26O6. The molecule has 6 heteroatoms. The topological polar surface area (TPSA) is 71.1 Å². The van der Waals surface area contributed by atoms with Crippen molar-refractivity contribution in [3.05, 3.63) is 23.3 Å². The fourth-order valence-corrected chi connectivity index (χ4v) is 1.99. The smallest absolute Gasteiger partial charge is 0.341 e. The molecule has 0 saturated heterocycles. The maximum Gasteiger partial charge on any atom is 0.341 e. The summed E-state index contributed by atoms with van der Waals surface area (Å²) in [6.07, 6.45) is 3.64. The predicted molar refractivity (Wildman–Crippen MR) is 89.9 cm³/mol. The second-order valence-electron chi connectivity index (χ2n) is 5.23. The molecular weight excluding hydrogens is 312 g/mol. The molecule has 0 unspecified atom stereocenters. The predicted octanol–water partition coefficient (Wildman–Crippen LogP) is 3.62. The van der Waals surface area contributed by atoms with Crippen LogP contribution in [0.3, 0.4) is 0 Å². The Morgan fingerprint density at radius 2 is 1.21 bits per heavy atom. The summed E-state index contributed by atoms with van der Waals surface area (Å²) in [4.78, 5) is 24.0. The number of methoxy groups -OCH3 is 2. The Balaban J connectivity index is 3.24. The van der Waals surface area contributed by atoms with E-state index < -0.39 is 11.9 Å². The molecule has 0 radical (unpaired) electrons. The van der Waals surface area contributed by atoms with Crippen molar-refractivity contribution in [1.82, 2.24) is 0 Å². The number of carbonyl (C=O) groups excluding carboxylic acids is 2. The molecule has 0 heterocycles. The van der Waals surface area contributed by atoms with Crippen molar-refractivity contribution >= 4 is 11.9 Å². The molecule has 0 aromatic heterocycles. The Kier molecular flexibility index (Phi) is 8.68. The lowest BCUT2D eigenvalue weighted by Gasteiger charge is -2.15. The SMILES string of the molecule is CCCCOc1cc(OCCCC)c(C(=O)OC)cc1C(=O)OC. The zero-order chi connectivity index (χ0) is 17.9. The van der Waals surface area contributed by atoms with E-state index in [1.807, 2.05) is 13.8 Å². The Bertz CT molecular complexity index is 507. The number of hydrogen-bond donors (Lipinski definition) is 0. The van der Waals surface area contributed by atoms with Gasteiger partial charge in [-0.15, -0.1) is 0 Å². The maximum absolute atomic E-state index is 12.0. The highest BCUT2D eigenvalue weighted by Gasteiger charge is 2.22. The van der Waals surface area contributed by atoms with E-state index in [4.69, 9.17) is 18.9 Å². The van der Waals surface area contributed by atoms with E-state index in [1.165, 1.54) is 20.3 Å². The fraction of sp³-hybridized carbons (Fsp3) is 0.556. The number of ether oxygens (including phenoxy) is 4. The number of benzene rings is 1. The van der Waals surface area contributed by atoms with Gasteiger partial charge >= 0.3 is 11.9 Å². The lowest BCUT2D eigenvalue weighted by Crippen LogP contribution is -2.12. The van der Waals surface area contributed by atoms with Crippen LogP contribution in [0.1, 0.15) is 60.2 Å². The summed E-state index contributed by atoms with van der Waals surface area (Å²) in [6.45, 7) is 5.02. The van der Waals surface area contributed by atoms with Crippen LogP contribution in [0.2, 0.25) is 0 Å². The van der Waals surface area contributed by atoms with Crippen LogP contribution in [0.4, 0.5) is 0 Å². The van der Waals surface area contributed by atoms with Crippen molar-refractivity contribution in [2.75, 3.05) is 27.4 Å². The monoisotopic (exact) mass is 338 g/mol. The summed E-state index contributed by atoms with van der Waals surface area (Å²) >= 11 is 0. The standard InChI is InChI=1S/C18H26O6/c1-5-7-9-23-15-12-16(24-10-8-6-2)14(18(20)22-4)11-13(15)17(19)21-3/h11-12H,5-10H2,1-4H3. The second kappa shape index (κ2) is 10.5. The number of carbonyl (C=O) groups is 2. The normalized spacial score (nSPS) is 10.2. The Hall–Kier alpha value is -2.24. The molecule has 1 aromatic rings. The van der Waals surface area contributed by atoms with Gasteiger partial charge in [-0.25, -0.2) is 9.59 Å². The lowest BCUT2D eigenvalue weighted by atomic mass is 10.1. The molecule has 0 N–H and O–H groups in total. The van der Waals surface area contributed by atoms with Gasteiger partial charge in [-0.3, -0.25) is 0 Å². The number of rotatable bonds is 10. The molecule has 0 amide bonds. The third-order valence-electron chi connectivity index (χ3n) is 3.40. The van der Waals surface area contributed by atoms with E-state index in [-0.39, 0.29) is 11.1 Å². The number of hydrogen-bond acceptors (Lipinski definition) is 6.